The van der Waals surface area contributed by atoms with Crippen molar-refractivity contribution in [3.05, 3.63) is 51.6 Å². The molecule has 0 heterocycles. The van der Waals surface area contributed by atoms with Crippen LogP contribution < -0.4 is 9.47 Å². The number of phenolic OH excluding ortho intramolecular Hbond substituents is 1. The summed E-state index contributed by atoms with van der Waals surface area (Å²) in [4.78, 5) is 37.0. The number of carbonyl (C=O) groups excluding carboxylic acids is 3. The van der Waals surface area contributed by atoms with Crippen molar-refractivity contribution in [2.45, 2.75) is 6.92 Å². The topological polar surface area (TPSA) is 89.9 Å². The Morgan fingerprint density at radius 2 is 1.50 bits per heavy atom. The van der Waals surface area contributed by atoms with E-state index in [2.05, 4.69) is 0 Å². The van der Waals surface area contributed by atoms with Crippen LogP contribution in [0.2, 0.25) is 0 Å². The van der Waals surface area contributed by atoms with E-state index in [1.807, 2.05) is 0 Å². The van der Waals surface area contributed by atoms with Crippen LogP contribution in [-0.4, -0.2) is 37.2 Å². The summed E-state index contributed by atoms with van der Waals surface area (Å²) in [5.74, 6) is -1.11. The van der Waals surface area contributed by atoms with Crippen molar-refractivity contribution in [1.29, 1.82) is 0 Å². The lowest BCUT2D eigenvalue weighted by Gasteiger charge is -2.23. The Hall–Kier alpha value is -3.15. The van der Waals surface area contributed by atoms with Crippen molar-refractivity contribution in [2.75, 3.05) is 14.2 Å². The highest BCUT2D eigenvalue weighted by molar-refractivity contribution is 6.31. The van der Waals surface area contributed by atoms with Crippen LogP contribution in [0.5, 0.6) is 17.2 Å². The molecule has 0 spiro atoms. The van der Waals surface area contributed by atoms with Crippen LogP contribution in [0.4, 0.5) is 0 Å². The standard InChI is InChI=1S/C18H14O6/c1-8-6-9-13(17(21)10(8)7-19)18(22)15-12(24-3)5-4-11(23-2)14(15)16(9)20/h4-7,21H,1-3H3. The molecule has 0 bridgehead atoms. The molecule has 0 amide bonds. The third-order valence-corrected chi connectivity index (χ3v) is 4.16. The van der Waals surface area contributed by atoms with E-state index in [1.165, 1.54) is 26.4 Å². The van der Waals surface area contributed by atoms with Crippen LogP contribution in [0.1, 0.15) is 47.8 Å². The van der Waals surface area contributed by atoms with Crippen LogP contribution in [0.25, 0.3) is 0 Å². The van der Waals surface area contributed by atoms with Crippen LogP contribution in [0, 0.1) is 6.92 Å². The van der Waals surface area contributed by atoms with Gasteiger partial charge in [0, 0.05) is 5.56 Å². The van der Waals surface area contributed by atoms with Crippen molar-refractivity contribution < 1.29 is 29.0 Å². The van der Waals surface area contributed by atoms with Gasteiger partial charge in [-0.3, -0.25) is 14.4 Å². The molecule has 1 aliphatic rings. The molecule has 0 aliphatic heterocycles. The number of aldehydes is 1. The maximum absolute atomic E-state index is 12.9. The average molecular weight is 326 g/mol. The van der Waals surface area contributed by atoms with E-state index < -0.39 is 17.3 Å². The molecule has 1 aliphatic carbocycles. The first kappa shape index (κ1) is 15.7. The number of fused-ring (bicyclic) bond motifs is 2. The highest BCUT2D eigenvalue weighted by Crippen LogP contribution is 2.42. The minimum absolute atomic E-state index is 0.0137. The zero-order chi connectivity index (χ0) is 17.6. The molecule has 6 heteroatoms. The summed E-state index contributed by atoms with van der Waals surface area (Å²) >= 11 is 0. The monoisotopic (exact) mass is 326 g/mol. The largest absolute Gasteiger partial charge is 0.506 e. The summed E-state index contributed by atoms with van der Waals surface area (Å²) in [7, 11) is 2.77. The number of rotatable bonds is 3. The quantitative estimate of drug-likeness (QED) is 0.743. The van der Waals surface area contributed by atoms with Crippen molar-refractivity contribution >= 4 is 17.9 Å². The van der Waals surface area contributed by atoms with Crippen LogP contribution in [-0.2, 0) is 0 Å². The minimum Gasteiger partial charge on any atom is -0.506 e. The smallest absolute Gasteiger partial charge is 0.202 e. The maximum atomic E-state index is 12.9. The number of methoxy groups -OCH3 is 2. The molecule has 0 fully saturated rings. The van der Waals surface area contributed by atoms with Crippen LogP contribution in [0.15, 0.2) is 18.2 Å². The lowest BCUT2D eigenvalue weighted by Crippen LogP contribution is -2.23. The molecule has 0 saturated heterocycles. The highest BCUT2D eigenvalue weighted by Gasteiger charge is 2.38. The number of aromatic hydroxyl groups is 1. The van der Waals surface area contributed by atoms with Gasteiger partial charge in [0.1, 0.15) is 17.2 Å². The summed E-state index contributed by atoms with van der Waals surface area (Å²) in [5.41, 5.74) is 0.358. The molecular weight excluding hydrogens is 312 g/mol. The zero-order valence-corrected chi connectivity index (χ0v) is 13.3. The summed E-state index contributed by atoms with van der Waals surface area (Å²) in [6, 6.07) is 4.49. The molecule has 2 aromatic rings. The Morgan fingerprint density at radius 3 is 2.00 bits per heavy atom. The Morgan fingerprint density at radius 1 is 0.958 bits per heavy atom. The Bertz CT molecular complexity index is 910. The molecule has 6 nitrogen and oxygen atoms in total. The number of benzene rings is 2. The first-order valence-electron chi connectivity index (χ1n) is 7.12. The zero-order valence-electron chi connectivity index (χ0n) is 13.3. The van der Waals surface area contributed by atoms with Gasteiger partial charge in [-0.15, -0.1) is 0 Å². The molecular formula is C18H14O6. The van der Waals surface area contributed by atoms with Crippen molar-refractivity contribution in [1.82, 2.24) is 0 Å². The molecule has 3 rings (SSSR count). The van der Waals surface area contributed by atoms with Gasteiger partial charge in [0.15, 0.2) is 12.1 Å². The second-order valence-electron chi connectivity index (χ2n) is 5.37. The highest BCUT2D eigenvalue weighted by atomic mass is 16.5. The lowest BCUT2D eigenvalue weighted by atomic mass is 9.80. The van der Waals surface area contributed by atoms with E-state index in [-0.39, 0.29) is 39.3 Å². The van der Waals surface area contributed by atoms with E-state index in [0.717, 1.165) is 0 Å². The van der Waals surface area contributed by atoms with Gasteiger partial charge in [-0.2, -0.15) is 0 Å². The fourth-order valence-electron chi connectivity index (χ4n) is 2.99. The van der Waals surface area contributed by atoms with Crippen LogP contribution >= 0.6 is 0 Å². The third-order valence-electron chi connectivity index (χ3n) is 4.16. The molecule has 122 valence electrons. The normalized spacial score (nSPS) is 12.5. The number of hydrogen-bond donors (Lipinski definition) is 1. The SMILES string of the molecule is COc1ccc(OC)c2c1C(=O)c1cc(C)c(C=O)c(O)c1C2=O. The number of aryl methyl sites for hydroxylation is 1. The number of phenols is 1. The van der Waals surface area contributed by atoms with Crippen molar-refractivity contribution in [3.8, 4) is 17.2 Å². The van der Waals surface area contributed by atoms with Crippen molar-refractivity contribution in [3.63, 3.8) is 0 Å². The van der Waals surface area contributed by atoms with Gasteiger partial charge in [-0.05, 0) is 30.7 Å². The van der Waals surface area contributed by atoms with Gasteiger partial charge in [-0.25, -0.2) is 0 Å². The lowest BCUT2D eigenvalue weighted by molar-refractivity contribution is 0.0971. The predicted octanol–water partition coefficient (Wildman–Crippen LogP) is 2.31. The fourth-order valence-corrected chi connectivity index (χ4v) is 2.99. The van der Waals surface area contributed by atoms with E-state index in [9.17, 15) is 19.5 Å². The molecule has 0 atom stereocenters. The summed E-state index contributed by atoms with van der Waals surface area (Å²) in [6.45, 7) is 1.58. The van der Waals surface area contributed by atoms with Gasteiger partial charge in [-0.1, -0.05) is 0 Å². The van der Waals surface area contributed by atoms with Gasteiger partial charge in [0.25, 0.3) is 0 Å². The molecule has 0 aromatic heterocycles. The Balaban J connectivity index is 2.43. The molecule has 1 N–H and O–H groups in total. The number of hydrogen-bond acceptors (Lipinski definition) is 6. The Kier molecular flexibility index (Phi) is 3.60. The molecule has 0 unspecified atom stereocenters. The molecule has 0 radical (unpaired) electrons. The van der Waals surface area contributed by atoms with E-state index in [0.29, 0.717) is 11.8 Å². The maximum Gasteiger partial charge on any atom is 0.202 e. The van der Waals surface area contributed by atoms with Crippen molar-refractivity contribution in [2.24, 2.45) is 0 Å². The van der Waals surface area contributed by atoms with Gasteiger partial charge < -0.3 is 14.6 Å². The first-order chi connectivity index (χ1) is 11.5. The summed E-state index contributed by atoms with van der Waals surface area (Å²) in [5, 5.41) is 10.3. The second kappa shape index (κ2) is 5.49. The fraction of sp³-hybridized carbons (Fsp3) is 0.167. The number of carbonyl (C=O) groups is 3. The minimum atomic E-state index is -0.587. The molecule has 24 heavy (non-hydrogen) atoms. The van der Waals surface area contributed by atoms with E-state index >= 15 is 0 Å². The summed E-state index contributed by atoms with van der Waals surface area (Å²) < 4.78 is 10.4. The molecule has 2 aromatic carbocycles. The molecule has 0 saturated carbocycles. The van der Waals surface area contributed by atoms with Crippen LogP contribution in [0.3, 0.4) is 0 Å². The number of ketones is 2. The van der Waals surface area contributed by atoms with Gasteiger partial charge >= 0.3 is 0 Å². The van der Waals surface area contributed by atoms with Gasteiger partial charge in [0.2, 0.25) is 5.78 Å². The van der Waals surface area contributed by atoms with E-state index in [4.69, 9.17) is 9.47 Å². The average Bonchev–Trinajstić information content (AvgIpc) is 2.58. The second-order valence-corrected chi connectivity index (χ2v) is 5.37. The third kappa shape index (κ3) is 1.93. The summed E-state index contributed by atoms with van der Waals surface area (Å²) in [6.07, 6.45) is 0.459. The Labute approximate surface area is 137 Å². The first-order valence-corrected chi connectivity index (χ1v) is 7.12. The van der Waals surface area contributed by atoms with Gasteiger partial charge in [0.05, 0.1) is 36.5 Å². The van der Waals surface area contributed by atoms with E-state index in [1.54, 1.807) is 13.0 Å². The predicted molar refractivity (Wildman–Crippen MR) is 84.6 cm³/mol. The number of ether oxygens (including phenoxy) is 2.